The molecule has 0 N–H and O–H groups in total. The summed E-state index contributed by atoms with van der Waals surface area (Å²) in [5.41, 5.74) is 12.8. The Labute approximate surface area is 308 Å². The van der Waals surface area contributed by atoms with Gasteiger partial charge >= 0.3 is 0 Å². The fraction of sp³-hybridized carbons (Fsp3) is 0. The zero-order valence-corrected chi connectivity index (χ0v) is 28.8. The molecule has 53 heavy (non-hydrogen) atoms. The molecular weight excluding hydrogens is 643 g/mol. The Hall–Kier alpha value is -6.84. The van der Waals surface area contributed by atoms with Gasteiger partial charge in [-0.05, 0) is 107 Å². The maximum absolute atomic E-state index is 6.69. The van der Waals surface area contributed by atoms with Crippen LogP contribution >= 0.6 is 0 Å². The quantitative estimate of drug-likeness (QED) is 0.137. The second-order valence-electron chi connectivity index (χ2n) is 13.9. The van der Waals surface area contributed by atoms with Crippen LogP contribution in [0.3, 0.4) is 0 Å². The minimum atomic E-state index is 0.0460. The SMILES string of the molecule is c1ccc(-c2c3ccccc3c(-c3ccccc3)c3cc(-c4ccccc4-c4cc5c6c(c4)Oc4ccccc4B6c4ccccc4O5)ccc23)cc1. The first-order valence-electron chi connectivity index (χ1n) is 18.2. The van der Waals surface area contributed by atoms with Crippen molar-refractivity contribution in [3.8, 4) is 67.5 Å². The molecule has 0 amide bonds. The van der Waals surface area contributed by atoms with Crippen LogP contribution < -0.4 is 25.9 Å². The summed E-state index contributed by atoms with van der Waals surface area (Å²) in [7, 11) is 0. The molecule has 0 bridgehead atoms. The van der Waals surface area contributed by atoms with Gasteiger partial charge in [-0.15, -0.1) is 0 Å². The predicted molar refractivity (Wildman–Crippen MR) is 221 cm³/mol. The molecule has 11 rings (SSSR count). The van der Waals surface area contributed by atoms with Crippen LogP contribution in [-0.4, -0.2) is 6.71 Å². The fourth-order valence-electron chi connectivity index (χ4n) is 8.71. The fourth-order valence-corrected chi connectivity index (χ4v) is 8.71. The van der Waals surface area contributed by atoms with Gasteiger partial charge in [0.2, 0.25) is 0 Å². The van der Waals surface area contributed by atoms with E-state index in [1.807, 2.05) is 12.1 Å². The molecule has 0 saturated carbocycles. The Morgan fingerprint density at radius 2 is 0.755 bits per heavy atom. The monoisotopic (exact) mass is 674 g/mol. The summed E-state index contributed by atoms with van der Waals surface area (Å²) in [5, 5.41) is 4.96. The molecule has 0 radical (unpaired) electrons. The van der Waals surface area contributed by atoms with E-state index in [1.165, 1.54) is 43.8 Å². The van der Waals surface area contributed by atoms with Crippen molar-refractivity contribution >= 4 is 44.6 Å². The summed E-state index contributed by atoms with van der Waals surface area (Å²) in [6.07, 6.45) is 0. The van der Waals surface area contributed by atoms with Crippen LogP contribution in [0.15, 0.2) is 188 Å². The Morgan fingerprint density at radius 1 is 0.302 bits per heavy atom. The van der Waals surface area contributed by atoms with Gasteiger partial charge < -0.3 is 9.47 Å². The lowest BCUT2D eigenvalue weighted by Gasteiger charge is -2.33. The van der Waals surface area contributed by atoms with Crippen molar-refractivity contribution in [1.82, 2.24) is 0 Å². The maximum Gasteiger partial charge on any atom is 0.260 e. The molecule has 0 fully saturated rings. The van der Waals surface area contributed by atoms with Crippen LogP contribution in [0, 0.1) is 0 Å². The molecular formula is C50H31BO2. The minimum Gasteiger partial charge on any atom is -0.458 e. The van der Waals surface area contributed by atoms with E-state index in [2.05, 4.69) is 176 Å². The average Bonchev–Trinajstić information content (AvgIpc) is 3.23. The third-order valence-corrected chi connectivity index (χ3v) is 11.0. The van der Waals surface area contributed by atoms with E-state index in [9.17, 15) is 0 Å². The van der Waals surface area contributed by atoms with Gasteiger partial charge in [0.15, 0.2) is 0 Å². The van der Waals surface area contributed by atoms with Crippen LogP contribution in [0.5, 0.6) is 23.0 Å². The number of para-hydroxylation sites is 2. The van der Waals surface area contributed by atoms with Crippen molar-refractivity contribution in [2.24, 2.45) is 0 Å². The van der Waals surface area contributed by atoms with Crippen molar-refractivity contribution in [1.29, 1.82) is 0 Å². The van der Waals surface area contributed by atoms with Gasteiger partial charge in [-0.25, -0.2) is 0 Å². The third kappa shape index (κ3) is 4.68. The summed E-state index contributed by atoms with van der Waals surface area (Å²) in [4.78, 5) is 0. The van der Waals surface area contributed by atoms with Gasteiger partial charge in [0.25, 0.3) is 6.71 Å². The lowest BCUT2D eigenvalue weighted by molar-refractivity contribution is 0.465. The summed E-state index contributed by atoms with van der Waals surface area (Å²) in [5.74, 6) is 3.47. The largest absolute Gasteiger partial charge is 0.458 e. The lowest BCUT2D eigenvalue weighted by Crippen LogP contribution is -2.57. The number of hydrogen-bond acceptors (Lipinski definition) is 2. The molecule has 2 aliphatic heterocycles. The number of rotatable bonds is 4. The summed E-state index contributed by atoms with van der Waals surface area (Å²) < 4.78 is 13.4. The Bertz CT molecular complexity index is 2830. The molecule has 2 nitrogen and oxygen atoms in total. The van der Waals surface area contributed by atoms with Crippen molar-refractivity contribution < 1.29 is 9.47 Å². The highest BCUT2D eigenvalue weighted by Crippen LogP contribution is 2.46. The molecule has 0 unspecified atom stereocenters. The Balaban J connectivity index is 1.14. The minimum absolute atomic E-state index is 0.0460. The smallest absolute Gasteiger partial charge is 0.260 e. The van der Waals surface area contributed by atoms with E-state index in [0.717, 1.165) is 61.6 Å². The molecule has 2 aliphatic rings. The Kier molecular flexibility index (Phi) is 6.68. The molecule has 0 atom stereocenters. The van der Waals surface area contributed by atoms with Gasteiger partial charge in [0, 0.05) is 5.46 Å². The molecule has 0 aliphatic carbocycles. The lowest BCUT2D eigenvalue weighted by atomic mass is 9.35. The van der Waals surface area contributed by atoms with E-state index < -0.39 is 0 Å². The number of fused-ring (bicyclic) bond motifs is 6. The topological polar surface area (TPSA) is 18.5 Å². The first-order valence-corrected chi connectivity index (χ1v) is 18.2. The molecule has 0 spiro atoms. The molecule has 246 valence electrons. The van der Waals surface area contributed by atoms with Crippen molar-refractivity contribution in [3.63, 3.8) is 0 Å². The van der Waals surface area contributed by atoms with Crippen molar-refractivity contribution in [2.45, 2.75) is 0 Å². The standard InChI is InChI=1S/C50H31BO2/c1-3-15-32(16-4-1)48-38-21-9-10-22-39(38)49(33-17-5-2-6-18-33)41-29-34(27-28-40(41)48)36-19-7-8-20-37(36)35-30-46-50-47(31-35)53-45-26-14-12-24-43(45)51(50)42-23-11-13-25-44(42)52-46/h1-31H. The van der Waals surface area contributed by atoms with Crippen LogP contribution in [-0.2, 0) is 0 Å². The zero-order chi connectivity index (χ0) is 34.9. The molecule has 9 aromatic carbocycles. The van der Waals surface area contributed by atoms with Gasteiger partial charge in [-0.3, -0.25) is 0 Å². The highest BCUT2D eigenvalue weighted by Gasteiger charge is 2.40. The number of ether oxygens (including phenoxy) is 2. The second kappa shape index (κ2) is 11.9. The number of hydrogen-bond donors (Lipinski definition) is 0. The van der Waals surface area contributed by atoms with Gasteiger partial charge in [-0.1, -0.05) is 158 Å². The third-order valence-electron chi connectivity index (χ3n) is 11.0. The van der Waals surface area contributed by atoms with Crippen LogP contribution in [0.2, 0.25) is 0 Å². The van der Waals surface area contributed by atoms with Gasteiger partial charge in [0.1, 0.15) is 23.0 Å². The van der Waals surface area contributed by atoms with E-state index >= 15 is 0 Å². The summed E-state index contributed by atoms with van der Waals surface area (Å²) in [6, 6.07) is 67.3. The van der Waals surface area contributed by atoms with Gasteiger partial charge in [-0.2, -0.15) is 0 Å². The Morgan fingerprint density at radius 3 is 1.34 bits per heavy atom. The van der Waals surface area contributed by atoms with Crippen molar-refractivity contribution in [2.75, 3.05) is 0 Å². The molecule has 0 saturated heterocycles. The van der Waals surface area contributed by atoms with E-state index in [4.69, 9.17) is 9.47 Å². The van der Waals surface area contributed by atoms with Crippen molar-refractivity contribution in [3.05, 3.63) is 188 Å². The van der Waals surface area contributed by atoms with Gasteiger partial charge in [0.05, 0.1) is 0 Å². The van der Waals surface area contributed by atoms with E-state index in [1.54, 1.807) is 0 Å². The second-order valence-corrected chi connectivity index (χ2v) is 13.9. The number of benzene rings is 9. The van der Waals surface area contributed by atoms with E-state index in [0.29, 0.717) is 0 Å². The first kappa shape index (κ1) is 29.9. The first-order chi connectivity index (χ1) is 26.3. The summed E-state index contributed by atoms with van der Waals surface area (Å²) >= 11 is 0. The molecule has 3 heteroatoms. The molecule has 2 heterocycles. The highest BCUT2D eigenvalue weighted by atomic mass is 16.5. The zero-order valence-electron chi connectivity index (χ0n) is 28.8. The van der Waals surface area contributed by atoms with Crippen LogP contribution in [0.1, 0.15) is 0 Å². The normalized spacial score (nSPS) is 12.4. The molecule has 0 aromatic heterocycles. The maximum atomic E-state index is 6.69. The van der Waals surface area contributed by atoms with Crippen LogP contribution in [0.4, 0.5) is 0 Å². The predicted octanol–water partition coefficient (Wildman–Crippen LogP) is 11.4. The van der Waals surface area contributed by atoms with Crippen LogP contribution in [0.25, 0.3) is 66.1 Å². The average molecular weight is 675 g/mol. The highest BCUT2D eigenvalue weighted by molar-refractivity contribution is 6.98. The van der Waals surface area contributed by atoms with E-state index in [-0.39, 0.29) is 6.71 Å². The molecule has 9 aromatic rings. The summed E-state index contributed by atoms with van der Waals surface area (Å²) in [6.45, 7) is 0.0460.